The molecule has 0 fully saturated rings. The molecule has 2 N–H and O–H groups in total. The fourth-order valence-corrected chi connectivity index (χ4v) is 6.02. The highest BCUT2D eigenvalue weighted by Gasteiger charge is 2.27. The second-order valence-electron chi connectivity index (χ2n) is 8.36. The normalized spacial score (nSPS) is 11.5. The Labute approximate surface area is 236 Å². The third kappa shape index (κ3) is 6.86. The van der Waals surface area contributed by atoms with Crippen molar-refractivity contribution in [3.63, 3.8) is 0 Å². The molecule has 1 heterocycles. The molecule has 0 aliphatic heterocycles. The highest BCUT2D eigenvalue weighted by Crippen LogP contribution is 2.27. The van der Waals surface area contributed by atoms with E-state index in [0.717, 1.165) is 4.31 Å². The number of sulfonamides is 2. The van der Waals surface area contributed by atoms with E-state index in [0.29, 0.717) is 16.5 Å². The monoisotopic (exact) mass is 601 g/mol. The minimum Gasteiger partial charge on any atom is -0.497 e. The van der Waals surface area contributed by atoms with Crippen molar-refractivity contribution in [2.24, 2.45) is 0 Å². The summed E-state index contributed by atoms with van der Waals surface area (Å²) in [5, 5.41) is 3.00. The van der Waals surface area contributed by atoms with Crippen molar-refractivity contribution in [1.29, 1.82) is 0 Å². The van der Waals surface area contributed by atoms with Crippen LogP contribution in [0, 0.1) is 6.92 Å². The molecule has 0 saturated carbocycles. The number of rotatable bonds is 10. The Morgan fingerprint density at radius 3 is 2.12 bits per heavy atom. The van der Waals surface area contributed by atoms with Crippen LogP contribution < -0.4 is 19.1 Å². The lowest BCUT2D eigenvalue weighted by atomic mass is 10.3. The Balaban J connectivity index is 1.53. The summed E-state index contributed by atoms with van der Waals surface area (Å²) in [5.41, 5.74) is 1.07. The van der Waals surface area contributed by atoms with Gasteiger partial charge in [-0.25, -0.2) is 31.5 Å². The lowest BCUT2D eigenvalue weighted by molar-refractivity contribution is -0.114. The van der Waals surface area contributed by atoms with Gasteiger partial charge < -0.3 is 10.1 Å². The van der Waals surface area contributed by atoms with E-state index in [2.05, 4.69) is 20.0 Å². The number of hydrogen-bond donors (Lipinski definition) is 2. The van der Waals surface area contributed by atoms with Gasteiger partial charge in [-0.3, -0.25) is 9.10 Å². The summed E-state index contributed by atoms with van der Waals surface area (Å²) < 4.78 is 60.8. The van der Waals surface area contributed by atoms with Crippen molar-refractivity contribution in [1.82, 2.24) is 9.97 Å². The molecule has 0 atom stereocenters. The maximum atomic E-state index is 13.5. The van der Waals surface area contributed by atoms with E-state index < -0.39 is 32.5 Å². The van der Waals surface area contributed by atoms with E-state index in [1.807, 2.05) is 0 Å². The second kappa shape index (κ2) is 11.9. The number of benzene rings is 3. The molecule has 0 saturated heterocycles. The molecule has 0 radical (unpaired) electrons. The predicted octanol–water partition coefficient (Wildman–Crippen LogP) is 4.08. The number of carbonyl (C=O) groups excluding carboxylic acids is 1. The van der Waals surface area contributed by atoms with Crippen LogP contribution in [0.15, 0.2) is 94.9 Å². The molecule has 3 aromatic carbocycles. The van der Waals surface area contributed by atoms with E-state index in [1.54, 1.807) is 13.0 Å². The van der Waals surface area contributed by atoms with Crippen LogP contribution in [0.3, 0.4) is 0 Å². The van der Waals surface area contributed by atoms with Gasteiger partial charge in [0.2, 0.25) is 11.9 Å². The summed E-state index contributed by atoms with van der Waals surface area (Å²) in [7, 11) is -6.68. The zero-order valence-electron chi connectivity index (χ0n) is 21.3. The van der Waals surface area contributed by atoms with Crippen LogP contribution in [0.25, 0.3) is 0 Å². The highest BCUT2D eigenvalue weighted by atomic mass is 35.5. The molecule has 11 nitrogen and oxygen atoms in total. The van der Waals surface area contributed by atoms with Crippen LogP contribution >= 0.6 is 11.6 Å². The first-order valence-electron chi connectivity index (χ1n) is 11.6. The zero-order valence-corrected chi connectivity index (χ0v) is 23.7. The maximum absolute atomic E-state index is 13.5. The molecule has 0 spiro atoms. The van der Waals surface area contributed by atoms with E-state index in [9.17, 15) is 21.6 Å². The van der Waals surface area contributed by atoms with Crippen LogP contribution in [0.5, 0.6) is 5.75 Å². The molecule has 1 aromatic heterocycles. The minimum atomic E-state index is -4.16. The van der Waals surface area contributed by atoms with Crippen molar-refractivity contribution in [2.75, 3.05) is 28.0 Å². The van der Waals surface area contributed by atoms with Crippen molar-refractivity contribution in [3.05, 3.63) is 95.8 Å². The number of nitrogens with zero attached hydrogens (tertiary/aromatic N) is 3. The van der Waals surface area contributed by atoms with Gasteiger partial charge in [-0.15, -0.1) is 0 Å². The lowest BCUT2D eigenvalue weighted by Crippen LogP contribution is -2.38. The number of nitrogens with one attached hydrogen (secondary N) is 2. The second-order valence-corrected chi connectivity index (χ2v) is 12.3. The molecule has 40 heavy (non-hydrogen) atoms. The number of amides is 1. The van der Waals surface area contributed by atoms with E-state index in [1.165, 1.54) is 86.1 Å². The van der Waals surface area contributed by atoms with Crippen LogP contribution in [-0.4, -0.2) is 46.4 Å². The molecule has 208 valence electrons. The SMILES string of the molecule is COc1ccc(S(=O)(=O)N(CC(=O)Nc2ccc(S(=O)(=O)Nc3nccc(C)n3)cc2)c2ccc(Cl)cc2)cc1. The van der Waals surface area contributed by atoms with Gasteiger partial charge in [-0.1, -0.05) is 11.6 Å². The van der Waals surface area contributed by atoms with Crippen LogP contribution in [0.2, 0.25) is 5.02 Å². The average Bonchev–Trinajstić information content (AvgIpc) is 2.92. The van der Waals surface area contributed by atoms with Gasteiger partial charge in [0.1, 0.15) is 12.3 Å². The summed E-state index contributed by atoms with van der Waals surface area (Å²) in [6, 6.07) is 18.7. The van der Waals surface area contributed by atoms with Crippen molar-refractivity contribution >= 4 is 54.9 Å². The Hall–Kier alpha value is -4.20. The van der Waals surface area contributed by atoms with Gasteiger partial charge in [0.25, 0.3) is 20.0 Å². The molecule has 14 heteroatoms. The van der Waals surface area contributed by atoms with E-state index in [-0.39, 0.29) is 27.1 Å². The number of methoxy groups -OCH3 is 1. The number of halogens is 1. The highest BCUT2D eigenvalue weighted by molar-refractivity contribution is 7.93. The van der Waals surface area contributed by atoms with Gasteiger partial charge in [0.15, 0.2) is 0 Å². The van der Waals surface area contributed by atoms with Gasteiger partial charge in [0, 0.05) is 22.6 Å². The third-order valence-electron chi connectivity index (χ3n) is 5.52. The summed E-state index contributed by atoms with van der Waals surface area (Å²) in [6.07, 6.45) is 1.43. The fraction of sp³-hybridized carbons (Fsp3) is 0.115. The standard InChI is InChI=1S/C26H24ClN5O6S2/c1-18-15-16-28-26(29-18)31-39(34,35)23-11-5-20(6-12-23)30-25(33)17-32(21-7-3-19(27)4-8-21)40(36,37)24-13-9-22(38-2)10-14-24/h3-16H,17H2,1-2H3,(H,30,33)(H,28,29,31). The molecule has 0 unspecified atom stereocenters. The average molecular weight is 602 g/mol. The fourth-order valence-electron chi connectivity index (χ4n) is 3.52. The van der Waals surface area contributed by atoms with Gasteiger partial charge in [0.05, 0.1) is 22.6 Å². The largest absolute Gasteiger partial charge is 0.497 e. The topological polar surface area (TPSA) is 148 Å². The lowest BCUT2D eigenvalue weighted by Gasteiger charge is -2.24. The molecule has 4 aromatic rings. The summed E-state index contributed by atoms with van der Waals surface area (Å²) in [6.45, 7) is 1.13. The van der Waals surface area contributed by atoms with E-state index >= 15 is 0 Å². The predicted molar refractivity (Wildman–Crippen MR) is 152 cm³/mol. The summed E-state index contributed by atoms with van der Waals surface area (Å²) in [5.74, 6) is -0.256. The molecule has 0 bridgehead atoms. The van der Waals surface area contributed by atoms with Crippen molar-refractivity contribution in [3.8, 4) is 5.75 Å². The number of anilines is 3. The third-order valence-corrected chi connectivity index (χ3v) is 8.90. The van der Waals surface area contributed by atoms with Crippen LogP contribution in [0.1, 0.15) is 5.69 Å². The Bertz CT molecular complexity index is 1720. The Morgan fingerprint density at radius 1 is 0.900 bits per heavy atom. The zero-order chi connectivity index (χ0) is 28.9. The molecule has 4 rings (SSSR count). The molecule has 1 amide bonds. The number of aromatic nitrogens is 2. The van der Waals surface area contributed by atoms with Gasteiger partial charge in [-0.05, 0) is 85.8 Å². The quantitative estimate of drug-likeness (QED) is 0.276. The number of carbonyl (C=O) groups is 1. The molecule has 0 aliphatic rings. The number of hydrogen-bond acceptors (Lipinski definition) is 8. The van der Waals surface area contributed by atoms with E-state index in [4.69, 9.17) is 16.3 Å². The van der Waals surface area contributed by atoms with Crippen molar-refractivity contribution < 1.29 is 26.4 Å². The smallest absolute Gasteiger partial charge is 0.264 e. The van der Waals surface area contributed by atoms with Crippen LogP contribution in [0.4, 0.5) is 17.3 Å². The molecular weight excluding hydrogens is 578 g/mol. The number of aryl methyl sites for hydroxylation is 1. The Kier molecular flexibility index (Phi) is 8.57. The van der Waals surface area contributed by atoms with Crippen LogP contribution in [-0.2, 0) is 24.8 Å². The summed E-state index contributed by atoms with van der Waals surface area (Å²) in [4.78, 5) is 20.8. The minimum absolute atomic E-state index is 0.0456. The first-order chi connectivity index (χ1) is 19.0. The first-order valence-corrected chi connectivity index (χ1v) is 14.9. The molecule has 0 aliphatic carbocycles. The first kappa shape index (κ1) is 28.8. The maximum Gasteiger partial charge on any atom is 0.264 e. The number of ether oxygens (including phenoxy) is 1. The van der Waals surface area contributed by atoms with Crippen molar-refractivity contribution in [2.45, 2.75) is 16.7 Å². The molecular formula is C26H24ClN5O6S2. The Morgan fingerprint density at radius 2 is 1.52 bits per heavy atom. The van der Waals surface area contributed by atoms with Gasteiger partial charge in [-0.2, -0.15) is 0 Å². The van der Waals surface area contributed by atoms with Gasteiger partial charge >= 0.3 is 0 Å². The summed E-state index contributed by atoms with van der Waals surface area (Å²) >= 11 is 5.98.